The first-order valence-corrected chi connectivity index (χ1v) is 9.32. The van der Waals surface area contributed by atoms with Crippen molar-refractivity contribution in [2.75, 3.05) is 33.5 Å². The summed E-state index contributed by atoms with van der Waals surface area (Å²) in [6.45, 7) is 0. The zero-order valence-electron chi connectivity index (χ0n) is 15.3. The van der Waals surface area contributed by atoms with Gasteiger partial charge in [0.25, 0.3) is 0 Å². The molecule has 0 aromatic heterocycles. The Morgan fingerprint density at radius 2 is 1.37 bits per heavy atom. The molecule has 0 aliphatic rings. The van der Waals surface area contributed by atoms with Gasteiger partial charge < -0.3 is 38.4 Å². The van der Waals surface area contributed by atoms with Crippen LogP contribution < -0.4 is 33.8 Å². The van der Waals surface area contributed by atoms with Crippen molar-refractivity contribution in [2.24, 2.45) is 0 Å². The Labute approximate surface area is 157 Å². The largest absolute Gasteiger partial charge is 0.795 e. The molecular formula is C18H20NO7P-2. The Morgan fingerprint density at radius 3 is 1.85 bits per heavy atom. The van der Waals surface area contributed by atoms with Gasteiger partial charge in [0.2, 0.25) is 5.75 Å². The van der Waals surface area contributed by atoms with E-state index in [-0.39, 0.29) is 11.4 Å². The molecule has 146 valence electrons. The highest BCUT2D eigenvalue weighted by Crippen LogP contribution is 2.39. The van der Waals surface area contributed by atoms with Gasteiger partial charge in [-0.05, 0) is 35.4 Å². The summed E-state index contributed by atoms with van der Waals surface area (Å²) in [6.07, 6.45) is 3.52. The van der Waals surface area contributed by atoms with E-state index < -0.39 is 7.75 Å². The molecule has 0 saturated heterocycles. The second-order valence-electron chi connectivity index (χ2n) is 5.36. The van der Waals surface area contributed by atoms with E-state index in [1.54, 1.807) is 36.4 Å². The predicted molar refractivity (Wildman–Crippen MR) is 99.2 cm³/mol. The number of rotatable bonds is 8. The van der Waals surface area contributed by atoms with E-state index in [0.29, 0.717) is 22.8 Å². The van der Waals surface area contributed by atoms with E-state index >= 15 is 0 Å². The number of methoxy groups -OCH3 is 4. The van der Waals surface area contributed by atoms with Crippen LogP contribution in [0.25, 0.3) is 12.2 Å². The van der Waals surface area contributed by atoms with Crippen LogP contribution in [-0.2, 0) is 4.57 Å². The summed E-state index contributed by atoms with van der Waals surface area (Å²) in [7, 11) is 0.994. The summed E-state index contributed by atoms with van der Waals surface area (Å²) in [5.41, 5.74) is 1.49. The highest BCUT2D eigenvalue weighted by Gasteiger charge is 2.12. The summed E-state index contributed by atoms with van der Waals surface area (Å²) in [5.74, 6) is 1.74. The quantitative estimate of drug-likeness (QED) is 0.536. The Morgan fingerprint density at radius 1 is 0.815 bits per heavy atom. The standard InChI is InChI=1S/C18H22NO7P/c1-23-15-8-7-12(9-14(15)19-27(20,21)22)5-6-13-10-16(24-2)18(26-4)17(11-13)25-3/h5-11H,1-4H3,(H3,19,20,21,22)/p-2/b6-5-. The molecule has 0 unspecified atom stereocenters. The van der Waals surface area contributed by atoms with E-state index in [4.69, 9.17) is 18.9 Å². The third kappa shape index (κ3) is 5.40. The molecule has 0 bridgehead atoms. The van der Waals surface area contributed by atoms with Gasteiger partial charge in [-0.25, -0.2) is 0 Å². The summed E-state index contributed by atoms with van der Waals surface area (Å²) in [5, 5.41) is 1.92. The predicted octanol–water partition coefficient (Wildman–Crippen LogP) is 2.13. The van der Waals surface area contributed by atoms with Crippen molar-refractivity contribution < 1.29 is 33.3 Å². The molecular weight excluding hydrogens is 373 g/mol. The molecule has 0 amide bonds. The van der Waals surface area contributed by atoms with Crippen molar-refractivity contribution in [1.82, 2.24) is 0 Å². The van der Waals surface area contributed by atoms with Gasteiger partial charge in [0.15, 0.2) is 11.5 Å². The molecule has 0 heterocycles. The maximum Gasteiger partial charge on any atom is 0.203 e. The van der Waals surface area contributed by atoms with E-state index in [1.807, 2.05) is 5.09 Å². The van der Waals surface area contributed by atoms with Crippen LogP contribution in [0, 0.1) is 0 Å². The minimum atomic E-state index is -4.96. The van der Waals surface area contributed by atoms with Crippen molar-refractivity contribution in [1.29, 1.82) is 0 Å². The van der Waals surface area contributed by atoms with Gasteiger partial charge >= 0.3 is 0 Å². The molecule has 0 saturated carbocycles. The van der Waals surface area contributed by atoms with Gasteiger partial charge in [0.05, 0.1) is 34.1 Å². The lowest BCUT2D eigenvalue weighted by Crippen LogP contribution is -2.20. The molecule has 1 N–H and O–H groups in total. The number of hydrogen-bond donors (Lipinski definition) is 1. The lowest BCUT2D eigenvalue weighted by molar-refractivity contribution is -0.311. The molecule has 0 radical (unpaired) electrons. The van der Waals surface area contributed by atoms with Crippen LogP contribution in [-0.4, -0.2) is 28.4 Å². The second kappa shape index (κ2) is 8.81. The molecule has 0 fully saturated rings. The first-order chi connectivity index (χ1) is 12.8. The van der Waals surface area contributed by atoms with Crippen LogP contribution in [0.3, 0.4) is 0 Å². The molecule has 9 heteroatoms. The van der Waals surface area contributed by atoms with E-state index in [1.165, 1.54) is 34.5 Å². The number of nitrogens with one attached hydrogen (secondary N) is 1. The first kappa shape index (κ1) is 20.6. The fraction of sp³-hybridized carbons (Fsp3) is 0.222. The van der Waals surface area contributed by atoms with Crippen molar-refractivity contribution in [3.8, 4) is 23.0 Å². The smallest absolute Gasteiger partial charge is 0.203 e. The van der Waals surface area contributed by atoms with Gasteiger partial charge in [-0.2, -0.15) is 0 Å². The van der Waals surface area contributed by atoms with E-state index in [9.17, 15) is 14.4 Å². The molecule has 2 rings (SSSR count). The van der Waals surface area contributed by atoms with Gasteiger partial charge in [-0.1, -0.05) is 18.2 Å². The molecule has 0 aliphatic heterocycles. The minimum Gasteiger partial charge on any atom is -0.795 e. The Balaban J connectivity index is 2.37. The molecule has 2 aromatic rings. The third-order valence-corrected chi connectivity index (χ3v) is 4.15. The second-order valence-corrected chi connectivity index (χ2v) is 6.58. The van der Waals surface area contributed by atoms with Crippen LogP contribution >= 0.6 is 7.75 Å². The highest BCUT2D eigenvalue weighted by molar-refractivity contribution is 7.50. The monoisotopic (exact) mass is 393 g/mol. The third-order valence-electron chi connectivity index (χ3n) is 3.64. The Hall–Kier alpha value is -2.67. The Bertz CT molecular complexity index is 851. The number of hydrogen-bond acceptors (Lipinski definition) is 7. The average Bonchev–Trinajstić information content (AvgIpc) is 2.64. The summed E-state index contributed by atoms with van der Waals surface area (Å²) < 4.78 is 32.0. The topological polar surface area (TPSA) is 112 Å². The normalized spacial score (nSPS) is 11.3. The van der Waals surface area contributed by atoms with Gasteiger partial charge in [-0.3, -0.25) is 0 Å². The minimum absolute atomic E-state index is 0.0675. The van der Waals surface area contributed by atoms with Gasteiger partial charge in [0, 0.05) is 7.75 Å². The maximum atomic E-state index is 11.0. The zero-order chi connectivity index (χ0) is 20.0. The molecule has 0 aliphatic carbocycles. The Kier molecular flexibility index (Phi) is 6.74. The summed E-state index contributed by atoms with van der Waals surface area (Å²) in [6, 6.07) is 8.32. The van der Waals surface area contributed by atoms with Crippen LogP contribution in [0.15, 0.2) is 30.3 Å². The highest BCUT2D eigenvalue weighted by atomic mass is 31.2. The molecule has 8 nitrogen and oxygen atoms in total. The molecule has 2 aromatic carbocycles. The van der Waals surface area contributed by atoms with E-state index in [0.717, 1.165) is 5.56 Å². The lowest BCUT2D eigenvalue weighted by atomic mass is 10.1. The fourth-order valence-electron chi connectivity index (χ4n) is 2.45. The number of ether oxygens (including phenoxy) is 4. The average molecular weight is 393 g/mol. The zero-order valence-corrected chi connectivity index (χ0v) is 16.2. The number of anilines is 1. The van der Waals surface area contributed by atoms with Crippen molar-refractivity contribution in [3.05, 3.63) is 41.5 Å². The van der Waals surface area contributed by atoms with Gasteiger partial charge in [-0.15, -0.1) is 0 Å². The van der Waals surface area contributed by atoms with Gasteiger partial charge in [0.1, 0.15) is 5.75 Å². The molecule has 0 spiro atoms. The van der Waals surface area contributed by atoms with E-state index in [2.05, 4.69) is 0 Å². The fourth-order valence-corrected chi connectivity index (χ4v) is 2.92. The maximum absolute atomic E-state index is 11.0. The summed E-state index contributed by atoms with van der Waals surface area (Å²) in [4.78, 5) is 22.0. The van der Waals surface area contributed by atoms with Crippen LogP contribution in [0.5, 0.6) is 23.0 Å². The van der Waals surface area contributed by atoms with Crippen molar-refractivity contribution in [3.63, 3.8) is 0 Å². The van der Waals surface area contributed by atoms with Crippen LogP contribution in [0.1, 0.15) is 11.1 Å². The summed E-state index contributed by atoms with van der Waals surface area (Å²) >= 11 is 0. The number of benzene rings is 2. The van der Waals surface area contributed by atoms with Crippen LogP contribution in [0.2, 0.25) is 0 Å². The van der Waals surface area contributed by atoms with Crippen LogP contribution in [0.4, 0.5) is 5.69 Å². The molecule has 27 heavy (non-hydrogen) atoms. The lowest BCUT2D eigenvalue weighted by Gasteiger charge is -2.31. The molecule has 0 atom stereocenters. The van der Waals surface area contributed by atoms with Crippen molar-refractivity contribution >= 4 is 25.6 Å². The SMILES string of the molecule is COc1ccc(/C=C\c2cc(OC)c(OC)c(OC)c2)cc1NP(=O)([O-])[O-]. The first-order valence-electron chi connectivity index (χ1n) is 7.77. The van der Waals surface area contributed by atoms with Crippen molar-refractivity contribution in [2.45, 2.75) is 0 Å².